The summed E-state index contributed by atoms with van der Waals surface area (Å²) in [6.07, 6.45) is -0.637. The van der Waals surface area contributed by atoms with Crippen LogP contribution in [0.5, 0.6) is 0 Å². The average molecular weight is 321 g/mol. The van der Waals surface area contributed by atoms with Gasteiger partial charge in [-0.25, -0.2) is 26.7 Å². The van der Waals surface area contributed by atoms with Crippen molar-refractivity contribution in [2.24, 2.45) is 5.92 Å². The number of allylic oxidation sites excluding steroid dienone is 1. The Morgan fingerprint density at radius 2 is 2.00 bits per heavy atom. The second kappa shape index (κ2) is 5.87. The zero-order valence-corrected chi connectivity index (χ0v) is 11.4. The Kier molecular flexibility index (Phi) is 5.05. The van der Waals surface area contributed by atoms with Gasteiger partial charge >= 0.3 is 5.97 Å². The number of alkyl halides is 4. The summed E-state index contributed by atoms with van der Waals surface area (Å²) in [6.45, 7) is 1.69. The Labute approximate surface area is 117 Å². The van der Waals surface area contributed by atoms with E-state index in [9.17, 15) is 26.7 Å². The molecule has 8 heteroatoms. The van der Waals surface area contributed by atoms with Crippen LogP contribution in [0.15, 0.2) is 11.7 Å². The van der Waals surface area contributed by atoms with Gasteiger partial charge in [-0.15, -0.1) is 0 Å². The van der Waals surface area contributed by atoms with E-state index in [1.807, 2.05) is 0 Å². The lowest BCUT2D eigenvalue weighted by Crippen LogP contribution is -2.52. The summed E-state index contributed by atoms with van der Waals surface area (Å²) in [4.78, 5) is 10.9. The molecule has 0 aromatic heterocycles. The van der Waals surface area contributed by atoms with Gasteiger partial charge in [0.25, 0.3) is 5.67 Å². The van der Waals surface area contributed by atoms with Crippen molar-refractivity contribution in [3.05, 3.63) is 11.7 Å². The second-order valence-electron chi connectivity index (χ2n) is 4.85. The van der Waals surface area contributed by atoms with Crippen LogP contribution >= 0.6 is 11.6 Å². The molecule has 1 N–H and O–H groups in total. The topological polar surface area (TPSA) is 37.3 Å². The zero-order chi connectivity index (χ0) is 15.7. The minimum atomic E-state index is -3.69. The minimum Gasteiger partial charge on any atom is -0.479 e. The van der Waals surface area contributed by atoms with Gasteiger partial charge in [0.05, 0.1) is 0 Å². The molecule has 0 amide bonds. The van der Waals surface area contributed by atoms with Crippen LogP contribution in [0.1, 0.15) is 32.6 Å². The predicted octanol–water partition coefficient (Wildman–Crippen LogP) is 4.38. The number of carboxylic acids is 1. The normalized spacial score (nSPS) is 36.0. The molecule has 0 heterocycles. The summed E-state index contributed by atoms with van der Waals surface area (Å²) >= 11 is 4.88. The summed E-state index contributed by atoms with van der Waals surface area (Å²) in [5.41, 5.74) is -10.2. The van der Waals surface area contributed by atoms with Crippen LogP contribution in [0.3, 0.4) is 0 Å². The highest BCUT2D eigenvalue weighted by atomic mass is 35.5. The molecule has 0 aliphatic heterocycles. The van der Waals surface area contributed by atoms with E-state index >= 15 is 0 Å². The summed E-state index contributed by atoms with van der Waals surface area (Å²) < 4.78 is 68.7. The lowest BCUT2D eigenvalue weighted by Gasteiger charge is -2.39. The zero-order valence-electron chi connectivity index (χ0n) is 10.6. The summed E-state index contributed by atoms with van der Waals surface area (Å²) in [7, 11) is 0. The first-order valence-corrected chi connectivity index (χ1v) is 6.51. The third kappa shape index (κ3) is 2.52. The fourth-order valence-electron chi connectivity index (χ4n) is 2.32. The van der Waals surface area contributed by atoms with E-state index in [-0.39, 0.29) is 12.8 Å². The molecular weight excluding hydrogens is 307 g/mol. The molecule has 0 radical (unpaired) electrons. The number of hydrogen-bond donors (Lipinski definition) is 1. The van der Waals surface area contributed by atoms with Gasteiger partial charge < -0.3 is 5.11 Å². The Balaban J connectivity index is 3.35. The van der Waals surface area contributed by atoms with E-state index in [1.165, 1.54) is 0 Å². The maximum absolute atomic E-state index is 14.3. The Bertz CT molecular complexity index is 428. The van der Waals surface area contributed by atoms with E-state index in [0.717, 1.165) is 0 Å². The minimum absolute atomic E-state index is 0.227. The van der Waals surface area contributed by atoms with Crippen LogP contribution < -0.4 is 0 Å². The molecule has 4 atom stereocenters. The lowest BCUT2D eigenvalue weighted by atomic mass is 9.72. The first-order chi connectivity index (χ1) is 9.12. The molecule has 2 nitrogen and oxygen atoms in total. The van der Waals surface area contributed by atoms with Crippen LogP contribution in [0.2, 0.25) is 0 Å². The van der Waals surface area contributed by atoms with E-state index < -0.39 is 46.9 Å². The Hall–Kier alpha value is -0.850. The van der Waals surface area contributed by atoms with Gasteiger partial charge in [0.15, 0.2) is 11.7 Å². The number of carboxylic acid groups (broad SMARTS) is 1. The highest BCUT2D eigenvalue weighted by Gasteiger charge is 2.63. The van der Waals surface area contributed by atoms with E-state index in [0.29, 0.717) is 6.42 Å². The van der Waals surface area contributed by atoms with E-state index in [4.69, 9.17) is 16.7 Å². The van der Waals surface area contributed by atoms with Crippen molar-refractivity contribution in [1.29, 1.82) is 0 Å². The largest absolute Gasteiger partial charge is 0.479 e. The smallest absolute Gasteiger partial charge is 0.349 e. The first-order valence-electron chi connectivity index (χ1n) is 6.07. The molecule has 0 aromatic rings. The van der Waals surface area contributed by atoms with Gasteiger partial charge in [0.2, 0.25) is 11.3 Å². The second-order valence-corrected chi connectivity index (χ2v) is 5.23. The number of carbonyl (C=O) groups is 1. The van der Waals surface area contributed by atoms with Crippen LogP contribution in [0.4, 0.5) is 22.0 Å². The van der Waals surface area contributed by atoms with Crippen molar-refractivity contribution in [1.82, 2.24) is 0 Å². The van der Waals surface area contributed by atoms with E-state index in [1.54, 1.807) is 6.92 Å². The Morgan fingerprint density at radius 1 is 1.45 bits per heavy atom. The summed E-state index contributed by atoms with van der Waals surface area (Å²) in [5.74, 6) is -8.86. The van der Waals surface area contributed by atoms with Crippen molar-refractivity contribution in [2.75, 3.05) is 0 Å². The monoisotopic (exact) mass is 320 g/mol. The van der Waals surface area contributed by atoms with Gasteiger partial charge in [-0.05, 0) is 12.8 Å². The summed E-state index contributed by atoms with van der Waals surface area (Å²) in [6, 6.07) is 0. The SMILES string of the molecule is CCCC[C@H]1C[C@](F)(C(F)Cl)C(F)=C(F)[C@]1(F)C(=O)O. The van der Waals surface area contributed by atoms with E-state index in [2.05, 4.69) is 0 Å². The molecule has 0 fully saturated rings. The van der Waals surface area contributed by atoms with Gasteiger partial charge in [0, 0.05) is 5.92 Å². The molecule has 1 aliphatic carbocycles. The molecule has 0 spiro atoms. The van der Waals surface area contributed by atoms with Crippen molar-refractivity contribution in [3.63, 3.8) is 0 Å². The standard InChI is InChI=1S/C12H14ClF5O2/c1-2-3-4-6-5-11(17,9(13)16)7(14)8(15)12(6,18)10(19)20/h6,9H,2-5H2,1H3,(H,19,20)/t6-,9?,11+,12-/m0/s1. The van der Waals surface area contributed by atoms with Crippen molar-refractivity contribution < 1.29 is 31.9 Å². The molecule has 1 rings (SSSR count). The highest BCUT2D eigenvalue weighted by molar-refractivity contribution is 6.20. The molecule has 0 saturated carbocycles. The van der Waals surface area contributed by atoms with Crippen LogP contribution in [0, 0.1) is 5.92 Å². The number of unbranched alkanes of at least 4 members (excludes halogenated alkanes) is 1. The fraction of sp³-hybridized carbons (Fsp3) is 0.750. The molecule has 0 saturated heterocycles. The van der Waals surface area contributed by atoms with Crippen molar-refractivity contribution >= 4 is 17.6 Å². The van der Waals surface area contributed by atoms with Crippen LogP contribution in [-0.4, -0.2) is 28.0 Å². The third-order valence-electron chi connectivity index (χ3n) is 3.55. The maximum Gasteiger partial charge on any atom is 0.349 e. The number of rotatable bonds is 5. The molecule has 116 valence electrons. The van der Waals surface area contributed by atoms with Gasteiger partial charge in [-0.1, -0.05) is 31.4 Å². The van der Waals surface area contributed by atoms with Gasteiger partial charge in [-0.3, -0.25) is 0 Å². The summed E-state index contributed by atoms with van der Waals surface area (Å²) in [5, 5.41) is 8.80. The third-order valence-corrected chi connectivity index (χ3v) is 3.89. The van der Waals surface area contributed by atoms with Crippen molar-refractivity contribution in [3.8, 4) is 0 Å². The quantitative estimate of drug-likeness (QED) is 0.603. The van der Waals surface area contributed by atoms with Crippen molar-refractivity contribution in [2.45, 2.75) is 49.6 Å². The number of halogens is 6. The van der Waals surface area contributed by atoms with Crippen LogP contribution in [0.25, 0.3) is 0 Å². The number of aliphatic carboxylic acids is 1. The molecule has 1 unspecified atom stereocenters. The number of hydrogen-bond acceptors (Lipinski definition) is 1. The van der Waals surface area contributed by atoms with Gasteiger partial charge in [-0.2, -0.15) is 0 Å². The lowest BCUT2D eigenvalue weighted by molar-refractivity contribution is -0.157. The fourth-order valence-corrected chi connectivity index (χ4v) is 2.50. The van der Waals surface area contributed by atoms with Gasteiger partial charge in [0.1, 0.15) is 0 Å². The van der Waals surface area contributed by atoms with Crippen LogP contribution in [-0.2, 0) is 4.79 Å². The Morgan fingerprint density at radius 3 is 2.40 bits per heavy atom. The molecule has 20 heavy (non-hydrogen) atoms. The predicted molar refractivity (Wildman–Crippen MR) is 62.9 cm³/mol. The molecule has 0 aromatic carbocycles. The molecule has 1 aliphatic rings. The molecular formula is C12H14ClF5O2. The maximum atomic E-state index is 14.3. The first kappa shape index (κ1) is 17.2. The average Bonchev–Trinajstić information content (AvgIpc) is 2.38. The molecule has 0 bridgehead atoms. The highest BCUT2D eigenvalue weighted by Crippen LogP contribution is 2.52.